The van der Waals surface area contributed by atoms with Crippen LogP contribution in [0.5, 0.6) is 11.5 Å². The van der Waals surface area contributed by atoms with Crippen molar-refractivity contribution in [2.75, 3.05) is 26.1 Å². The third kappa shape index (κ3) is 4.39. The number of likely N-dealkylation sites (tertiary alicyclic amines) is 1. The number of ether oxygens (including phenoxy) is 2. The van der Waals surface area contributed by atoms with Crippen molar-refractivity contribution in [3.63, 3.8) is 0 Å². The molecule has 0 saturated carbocycles. The number of rotatable bonds is 5. The fourth-order valence-electron chi connectivity index (χ4n) is 4.45. The molecular formula is C27H26FN3O4. The van der Waals surface area contributed by atoms with Crippen molar-refractivity contribution in [2.45, 2.75) is 25.8 Å². The second-order valence-electron chi connectivity index (χ2n) is 8.55. The van der Waals surface area contributed by atoms with Crippen LogP contribution in [-0.4, -0.2) is 36.7 Å². The average molecular weight is 476 g/mol. The second-order valence-corrected chi connectivity index (χ2v) is 8.55. The first-order valence-electron chi connectivity index (χ1n) is 11.4. The van der Waals surface area contributed by atoms with Gasteiger partial charge in [0.1, 0.15) is 28.9 Å². The summed E-state index contributed by atoms with van der Waals surface area (Å²) in [5, 5.41) is 2.93. The Morgan fingerprint density at radius 1 is 1.09 bits per heavy atom. The third-order valence-electron chi connectivity index (χ3n) is 6.34. The summed E-state index contributed by atoms with van der Waals surface area (Å²) >= 11 is 0. The maximum Gasteiger partial charge on any atom is 0.322 e. The molecule has 1 atom stereocenters. The molecule has 0 spiro atoms. The summed E-state index contributed by atoms with van der Waals surface area (Å²) in [5.74, 6) is 1.42. The summed E-state index contributed by atoms with van der Waals surface area (Å²) in [6, 6.07) is 15.5. The lowest BCUT2D eigenvalue weighted by atomic mass is 10.0. The maximum absolute atomic E-state index is 13.7. The van der Waals surface area contributed by atoms with Gasteiger partial charge in [-0.1, -0.05) is 12.1 Å². The molecule has 0 aliphatic carbocycles. The van der Waals surface area contributed by atoms with Crippen LogP contribution < -0.4 is 14.8 Å². The first kappa shape index (κ1) is 22.7. The number of nitrogens with one attached hydrogen (secondary N) is 1. The van der Waals surface area contributed by atoms with Crippen LogP contribution in [0, 0.1) is 12.7 Å². The molecule has 8 heteroatoms. The van der Waals surface area contributed by atoms with Gasteiger partial charge in [0.05, 0.1) is 19.9 Å². The first-order valence-corrected chi connectivity index (χ1v) is 11.4. The van der Waals surface area contributed by atoms with Gasteiger partial charge in [-0.15, -0.1) is 0 Å². The largest absolute Gasteiger partial charge is 0.497 e. The zero-order valence-corrected chi connectivity index (χ0v) is 19.8. The van der Waals surface area contributed by atoms with Crippen LogP contribution in [0.1, 0.15) is 30.3 Å². The van der Waals surface area contributed by atoms with E-state index in [1.165, 1.54) is 6.07 Å². The van der Waals surface area contributed by atoms with Crippen LogP contribution >= 0.6 is 0 Å². The topological polar surface area (TPSA) is 76.8 Å². The third-order valence-corrected chi connectivity index (χ3v) is 6.34. The average Bonchev–Trinajstić information content (AvgIpc) is 3.52. The van der Waals surface area contributed by atoms with Crippen molar-refractivity contribution < 1.29 is 23.1 Å². The molecule has 1 fully saturated rings. The van der Waals surface area contributed by atoms with E-state index in [1.807, 2.05) is 24.3 Å². The Balaban J connectivity index is 1.39. The maximum atomic E-state index is 13.7. The highest BCUT2D eigenvalue weighted by atomic mass is 19.1. The quantitative estimate of drug-likeness (QED) is 0.365. The smallest absolute Gasteiger partial charge is 0.322 e. The molecule has 2 heterocycles. The predicted octanol–water partition coefficient (Wildman–Crippen LogP) is 6.33. The number of carbonyl (C=O) groups excluding carboxylic acids is 1. The van der Waals surface area contributed by atoms with E-state index in [4.69, 9.17) is 18.9 Å². The van der Waals surface area contributed by atoms with Crippen molar-refractivity contribution in [2.24, 2.45) is 0 Å². The fourth-order valence-corrected chi connectivity index (χ4v) is 4.45. The summed E-state index contributed by atoms with van der Waals surface area (Å²) in [6.07, 6.45) is 1.60. The van der Waals surface area contributed by atoms with Gasteiger partial charge < -0.3 is 24.1 Å². The molecule has 0 bridgehead atoms. The highest BCUT2D eigenvalue weighted by Crippen LogP contribution is 2.36. The number of oxazole rings is 1. The van der Waals surface area contributed by atoms with Crippen molar-refractivity contribution >= 4 is 22.8 Å². The number of aromatic nitrogens is 1. The normalized spacial score (nSPS) is 15.4. The van der Waals surface area contributed by atoms with E-state index in [-0.39, 0.29) is 17.9 Å². The molecule has 35 heavy (non-hydrogen) atoms. The zero-order valence-electron chi connectivity index (χ0n) is 19.8. The first-order chi connectivity index (χ1) is 17.0. The highest BCUT2D eigenvalue weighted by Gasteiger charge is 2.34. The Bertz CT molecular complexity index is 1400. The molecule has 0 radical (unpaired) electrons. The van der Waals surface area contributed by atoms with Gasteiger partial charge in [0.2, 0.25) is 5.89 Å². The number of benzene rings is 3. The summed E-state index contributed by atoms with van der Waals surface area (Å²) in [5.41, 5.74) is 4.32. The van der Waals surface area contributed by atoms with E-state index in [0.717, 1.165) is 24.0 Å². The number of fused-ring (bicyclic) bond motifs is 1. The number of anilines is 1. The molecule has 7 nitrogen and oxygen atoms in total. The number of amides is 2. The minimum atomic E-state index is -0.275. The van der Waals surface area contributed by atoms with Crippen LogP contribution in [0.25, 0.3) is 22.2 Å². The molecule has 0 unspecified atom stereocenters. The lowest BCUT2D eigenvalue weighted by Crippen LogP contribution is -2.34. The zero-order chi connectivity index (χ0) is 24.5. The minimum Gasteiger partial charge on any atom is -0.497 e. The lowest BCUT2D eigenvalue weighted by molar-refractivity contribution is 0.198. The Hall–Kier alpha value is -4.07. The lowest BCUT2D eigenvalue weighted by Gasteiger charge is -2.23. The summed E-state index contributed by atoms with van der Waals surface area (Å²) < 4.78 is 30.4. The van der Waals surface area contributed by atoms with E-state index in [1.54, 1.807) is 50.3 Å². The van der Waals surface area contributed by atoms with E-state index in [9.17, 15) is 9.18 Å². The molecule has 1 N–H and O–H groups in total. The fraction of sp³-hybridized carbons (Fsp3) is 0.259. The van der Waals surface area contributed by atoms with Crippen molar-refractivity contribution in [1.29, 1.82) is 0 Å². The van der Waals surface area contributed by atoms with Gasteiger partial charge in [-0.25, -0.2) is 14.2 Å². The number of hydrogen-bond acceptors (Lipinski definition) is 5. The summed E-state index contributed by atoms with van der Waals surface area (Å²) in [7, 11) is 3.12. The van der Waals surface area contributed by atoms with E-state index >= 15 is 0 Å². The Labute approximate surface area is 202 Å². The minimum absolute atomic E-state index is 0.231. The molecule has 1 aliphatic heterocycles. The van der Waals surface area contributed by atoms with E-state index < -0.39 is 0 Å². The van der Waals surface area contributed by atoms with Crippen molar-refractivity contribution in [3.05, 3.63) is 71.9 Å². The monoisotopic (exact) mass is 475 g/mol. The molecule has 4 aromatic rings. The summed E-state index contributed by atoms with van der Waals surface area (Å²) in [6.45, 7) is 2.33. The molecular weight excluding hydrogens is 449 g/mol. The molecule has 180 valence electrons. The van der Waals surface area contributed by atoms with Crippen molar-refractivity contribution in [1.82, 2.24) is 9.88 Å². The number of methoxy groups -OCH3 is 2. The predicted molar refractivity (Wildman–Crippen MR) is 131 cm³/mol. The van der Waals surface area contributed by atoms with Crippen LogP contribution in [0.3, 0.4) is 0 Å². The Kier molecular flexibility index (Phi) is 6.03. The van der Waals surface area contributed by atoms with Crippen molar-refractivity contribution in [3.8, 4) is 22.6 Å². The van der Waals surface area contributed by atoms with Gasteiger partial charge in [0.15, 0.2) is 5.58 Å². The van der Waals surface area contributed by atoms with Crippen LogP contribution in [0.4, 0.5) is 14.9 Å². The van der Waals surface area contributed by atoms with E-state index in [0.29, 0.717) is 46.3 Å². The molecule has 3 aromatic carbocycles. The highest BCUT2D eigenvalue weighted by molar-refractivity contribution is 5.91. The van der Waals surface area contributed by atoms with Crippen LogP contribution in [0.15, 0.2) is 59.0 Å². The molecule has 1 aromatic heterocycles. The number of aryl methyl sites for hydroxylation is 1. The SMILES string of the molecule is COc1ccc(NC(=O)N2CCC[C@H]2c2nc3cc(-c4ccc(F)c(C)c4)ccc3o2)c(OC)c1. The Morgan fingerprint density at radius 3 is 2.66 bits per heavy atom. The van der Waals surface area contributed by atoms with Crippen LogP contribution in [0.2, 0.25) is 0 Å². The summed E-state index contributed by atoms with van der Waals surface area (Å²) in [4.78, 5) is 19.6. The van der Waals surface area contributed by atoms with Crippen LogP contribution in [-0.2, 0) is 0 Å². The van der Waals surface area contributed by atoms with E-state index in [2.05, 4.69) is 5.32 Å². The van der Waals surface area contributed by atoms with Gasteiger partial charge in [0, 0.05) is 12.6 Å². The van der Waals surface area contributed by atoms with Gasteiger partial charge in [0.25, 0.3) is 0 Å². The second kappa shape index (κ2) is 9.29. The van der Waals surface area contributed by atoms with Gasteiger partial charge in [-0.3, -0.25) is 0 Å². The van der Waals surface area contributed by atoms with Gasteiger partial charge >= 0.3 is 6.03 Å². The molecule has 1 aliphatic rings. The molecule has 1 saturated heterocycles. The standard InChI is InChI=1S/C27H26FN3O4/c1-16-13-17(6-9-20(16)28)18-7-11-24-22(14-18)29-26(35-24)23-5-4-12-31(23)27(32)30-21-10-8-19(33-2)15-25(21)34-3/h6-11,13-15,23H,4-5,12H2,1-3H3,(H,30,32)/t23-/m0/s1. The number of carbonyl (C=O) groups is 1. The Morgan fingerprint density at radius 2 is 1.89 bits per heavy atom. The van der Waals surface area contributed by atoms with Gasteiger partial charge in [-0.2, -0.15) is 0 Å². The number of halogens is 1. The van der Waals surface area contributed by atoms with Gasteiger partial charge in [-0.05, 0) is 72.9 Å². The number of nitrogens with zero attached hydrogens (tertiary/aromatic N) is 2. The molecule has 2 amide bonds. The number of hydrogen-bond donors (Lipinski definition) is 1. The molecule has 5 rings (SSSR count). The number of urea groups is 1.